The van der Waals surface area contributed by atoms with Crippen LogP contribution in [0.2, 0.25) is 0 Å². The van der Waals surface area contributed by atoms with Crippen LogP contribution in [-0.4, -0.2) is 16.0 Å². The van der Waals surface area contributed by atoms with Gasteiger partial charge < -0.3 is 4.74 Å². The molecule has 0 aromatic rings. The number of carbonyl (C=O) groups is 1. The van der Waals surface area contributed by atoms with E-state index in [2.05, 4.69) is 36.4 Å². The highest BCUT2D eigenvalue weighted by Gasteiger charge is 2.37. The van der Waals surface area contributed by atoms with Crippen molar-refractivity contribution < 1.29 is 9.53 Å². The predicted molar refractivity (Wildman–Crippen MR) is 81.6 cm³/mol. The van der Waals surface area contributed by atoms with Gasteiger partial charge in [-0.2, -0.15) is 0 Å². The topological polar surface area (TPSA) is 26.3 Å². The molecular weight excluding hydrogens is 327 g/mol. The smallest absolute Gasteiger partial charge is 0.312 e. The Morgan fingerprint density at radius 1 is 1.12 bits per heavy atom. The number of esters is 1. The zero-order valence-electron chi connectivity index (χ0n) is 11.9. The monoisotopic (exact) mass is 354 g/mol. The molecule has 0 fully saturated rings. The van der Waals surface area contributed by atoms with Crippen molar-refractivity contribution in [1.29, 1.82) is 0 Å². The second-order valence-electron chi connectivity index (χ2n) is 5.64. The summed E-state index contributed by atoms with van der Waals surface area (Å²) in [7, 11) is 0. The van der Waals surface area contributed by atoms with Gasteiger partial charge >= 0.3 is 5.97 Å². The summed E-state index contributed by atoms with van der Waals surface area (Å²) in [5, 5.41) is 0. The highest BCUT2D eigenvalue weighted by Crippen LogP contribution is 2.35. The van der Waals surface area contributed by atoms with Crippen LogP contribution < -0.4 is 0 Å². The molecule has 0 unspecified atom stereocenters. The lowest BCUT2D eigenvalue weighted by Crippen LogP contribution is -2.37. The Bertz CT molecular complexity index is 227. The fourth-order valence-corrected chi connectivity index (χ4v) is 2.48. The molecular formula is C14H27IO2. The first-order valence-corrected chi connectivity index (χ1v) is 8.13. The van der Waals surface area contributed by atoms with E-state index >= 15 is 0 Å². The van der Waals surface area contributed by atoms with Crippen molar-refractivity contribution in [3.63, 3.8) is 0 Å². The van der Waals surface area contributed by atoms with Crippen molar-refractivity contribution in [3.8, 4) is 0 Å². The lowest BCUT2D eigenvalue weighted by molar-refractivity contribution is -0.169. The first-order chi connectivity index (χ1) is 7.81. The summed E-state index contributed by atoms with van der Waals surface area (Å²) in [5.74, 6) is -0.0107. The van der Waals surface area contributed by atoms with E-state index in [1.165, 1.54) is 6.42 Å². The van der Waals surface area contributed by atoms with Gasteiger partial charge in [0.1, 0.15) is 5.60 Å². The van der Waals surface area contributed by atoms with E-state index in [9.17, 15) is 4.79 Å². The first kappa shape index (κ1) is 17.2. The van der Waals surface area contributed by atoms with Gasteiger partial charge in [0.25, 0.3) is 0 Å². The van der Waals surface area contributed by atoms with Crippen molar-refractivity contribution >= 4 is 28.6 Å². The summed E-state index contributed by atoms with van der Waals surface area (Å²) < 4.78 is 6.74. The Balaban J connectivity index is 4.62. The number of unbranched alkanes of at least 4 members (excludes halogenated alkanes) is 1. The molecule has 0 aliphatic rings. The number of carbonyl (C=O) groups excluding carboxylic acids is 1. The molecule has 0 spiro atoms. The van der Waals surface area contributed by atoms with Crippen LogP contribution in [0.15, 0.2) is 0 Å². The molecule has 0 rings (SSSR count). The average molecular weight is 354 g/mol. The Morgan fingerprint density at radius 2 is 1.65 bits per heavy atom. The summed E-state index contributed by atoms with van der Waals surface area (Å²) in [6, 6.07) is 0. The van der Waals surface area contributed by atoms with Crippen molar-refractivity contribution in [3.05, 3.63) is 0 Å². The molecule has 0 atom stereocenters. The second-order valence-corrected chi connectivity index (χ2v) is 6.71. The normalized spacial score (nSPS) is 12.6. The summed E-state index contributed by atoms with van der Waals surface area (Å²) >= 11 is 2.39. The molecule has 3 heteroatoms. The fraction of sp³-hybridized carbons (Fsp3) is 0.929. The Kier molecular flexibility index (Phi) is 7.68. The summed E-state index contributed by atoms with van der Waals surface area (Å²) in [6.07, 6.45) is 5.01. The van der Waals surface area contributed by atoms with Crippen LogP contribution in [0, 0.1) is 5.41 Å². The third-order valence-electron chi connectivity index (χ3n) is 3.22. The van der Waals surface area contributed by atoms with Gasteiger partial charge in [0.15, 0.2) is 0 Å². The van der Waals surface area contributed by atoms with Crippen LogP contribution in [0.3, 0.4) is 0 Å². The Hall–Kier alpha value is 0.200. The second kappa shape index (κ2) is 7.59. The standard InChI is InChI=1S/C14H27IO2/c1-6-14(7-2,10-8-9-11-15)12(16)17-13(3,4)5/h6-11H2,1-5H3. The number of hydrogen-bond donors (Lipinski definition) is 0. The highest BCUT2D eigenvalue weighted by molar-refractivity contribution is 14.1. The third-order valence-corrected chi connectivity index (χ3v) is 3.99. The van der Waals surface area contributed by atoms with E-state index in [4.69, 9.17) is 4.74 Å². The Labute approximate surface area is 120 Å². The van der Waals surface area contributed by atoms with Gasteiger partial charge in [0.2, 0.25) is 0 Å². The molecule has 0 heterocycles. The minimum absolute atomic E-state index is 0.0107. The quantitative estimate of drug-likeness (QED) is 0.286. The van der Waals surface area contributed by atoms with E-state index in [0.29, 0.717) is 0 Å². The van der Waals surface area contributed by atoms with E-state index < -0.39 is 0 Å². The third kappa shape index (κ3) is 6.07. The van der Waals surface area contributed by atoms with E-state index in [0.717, 1.165) is 30.1 Å². The Morgan fingerprint density at radius 3 is 2.00 bits per heavy atom. The van der Waals surface area contributed by atoms with E-state index in [1.54, 1.807) is 0 Å². The first-order valence-electron chi connectivity index (χ1n) is 6.60. The maximum Gasteiger partial charge on any atom is 0.312 e. The van der Waals surface area contributed by atoms with Crippen molar-refractivity contribution in [2.24, 2.45) is 5.41 Å². The molecule has 0 bridgehead atoms. The molecule has 102 valence electrons. The molecule has 0 aliphatic heterocycles. The molecule has 0 aliphatic carbocycles. The largest absolute Gasteiger partial charge is 0.460 e. The molecule has 0 N–H and O–H groups in total. The van der Waals surface area contributed by atoms with Crippen LogP contribution >= 0.6 is 22.6 Å². The van der Waals surface area contributed by atoms with Crippen molar-refractivity contribution in [2.75, 3.05) is 4.43 Å². The van der Waals surface area contributed by atoms with Crippen LogP contribution in [0.1, 0.15) is 66.7 Å². The number of rotatable bonds is 7. The van der Waals surface area contributed by atoms with Crippen LogP contribution in [0.4, 0.5) is 0 Å². The zero-order chi connectivity index (χ0) is 13.5. The summed E-state index contributed by atoms with van der Waals surface area (Å²) in [6.45, 7) is 10.00. The number of halogens is 1. The molecule has 0 amide bonds. The molecule has 0 aromatic carbocycles. The number of alkyl halides is 1. The van der Waals surface area contributed by atoms with Crippen LogP contribution in [0.25, 0.3) is 0 Å². The maximum atomic E-state index is 12.3. The van der Waals surface area contributed by atoms with Crippen molar-refractivity contribution in [1.82, 2.24) is 0 Å². The molecule has 0 saturated carbocycles. The predicted octanol–water partition coefficient (Wildman–Crippen LogP) is 4.74. The van der Waals surface area contributed by atoms with E-state index in [-0.39, 0.29) is 17.0 Å². The lowest BCUT2D eigenvalue weighted by Gasteiger charge is -2.33. The highest BCUT2D eigenvalue weighted by atomic mass is 127. The number of ether oxygens (including phenoxy) is 1. The van der Waals surface area contributed by atoms with Gasteiger partial charge in [-0.05, 0) is 50.9 Å². The van der Waals surface area contributed by atoms with Gasteiger partial charge in [-0.25, -0.2) is 0 Å². The van der Waals surface area contributed by atoms with Gasteiger partial charge in [-0.1, -0.05) is 42.9 Å². The fourth-order valence-electron chi connectivity index (χ4n) is 1.94. The average Bonchev–Trinajstić information content (AvgIpc) is 2.22. The van der Waals surface area contributed by atoms with Gasteiger partial charge in [-0.3, -0.25) is 4.79 Å². The molecule has 0 saturated heterocycles. The van der Waals surface area contributed by atoms with Gasteiger partial charge in [0.05, 0.1) is 5.41 Å². The molecule has 0 aromatic heterocycles. The molecule has 0 radical (unpaired) electrons. The van der Waals surface area contributed by atoms with Crippen LogP contribution in [0.5, 0.6) is 0 Å². The minimum Gasteiger partial charge on any atom is -0.460 e. The molecule has 2 nitrogen and oxygen atoms in total. The van der Waals surface area contributed by atoms with E-state index in [1.807, 2.05) is 20.8 Å². The number of hydrogen-bond acceptors (Lipinski definition) is 2. The SMILES string of the molecule is CCC(CC)(CCCCI)C(=O)OC(C)(C)C. The lowest BCUT2D eigenvalue weighted by atomic mass is 9.78. The maximum absolute atomic E-state index is 12.3. The summed E-state index contributed by atoms with van der Waals surface area (Å²) in [5.41, 5.74) is -0.644. The summed E-state index contributed by atoms with van der Waals surface area (Å²) in [4.78, 5) is 12.3. The van der Waals surface area contributed by atoms with Crippen LogP contribution in [-0.2, 0) is 9.53 Å². The van der Waals surface area contributed by atoms with Gasteiger partial charge in [-0.15, -0.1) is 0 Å². The zero-order valence-corrected chi connectivity index (χ0v) is 14.1. The minimum atomic E-state index is -0.379. The molecule has 17 heavy (non-hydrogen) atoms. The van der Waals surface area contributed by atoms with Crippen molar-refractivity contribution in [2.45, 2.75) is 72.3 Å². The van der Waals surface area contributed by atoms with Gasteiger partial charge in [0, 0.05) is 0 Å².